The highest BCUT2D eigenvalue weighted by Crippen LogP contribution is 2.28. The van der Waals surface area contributed by atoms with Gasteiger partial charge in [0.1, 0.15) is 0 Å². The minimum absolute atomic E-state index is 0.0487. The number of nitrogens with zero attached hydrogens (tertiary/aromatic N) is 5. The fourth-order valence-electron chi connectivity index (χ4n) is 4.21. The first-order valence-corrected chi connectivity index (χ1v) is 11.4. The van der Waals surface area contributed by atoms with Gasteiger partial charge in [-0.05, 0) is 37.5 Å². The third-order valence-corrected chi connectivity index (χ3v) is 5.94. The molecule has 3 amide bonds. The second kappa shape index (κ2) is 10.8. The standard InChI is InChI=1S/C23H31N7O2/c31-21(29-15-17-30(18-16-29)22-24-10-6-11-25-22)9-12-26-23(32)27-19-7-2-3-8-20(19)28-13-4-1-5-14-28/h2-3,6-8,10-11H,1,4-5,9,12-18H2,(H2,26,27,32). The lowest BCUT2D eigenvalue weighted by Gasteiger charge is -2.34. The van der Waals surface area contributed by atoms with Gasteiger partial charge in [0, 0.05) is 64.6 Å². The second-order valence-corrected chi connectivity index (χ2v) is 8.11. The zero-order valence-electron chi connectivity index (χ0n) is 18.4. The molecule has 0 bridgehead atoms. The lowest BCUT2D eigenvalue weighted by Crippen LogP contribution is -2.49. The van der Waals surface area contributed by atoms with Crippen LogP contribution in [0.3, 0.4) is 0 Å². The average molecular weight is 438 g/mol. The Morgan fingerprint density at radius 1 is 0.844 bits per heavy atom. The van der Waals surface area contributed by atoms with Crippen LogP contribution in [-0.4, -0.2) is 72.6 Å². The molecule has 2 fully saturated rings. The van der Waals surface area contributed by atoms with Gasteiger partial charge in [-0.1, -0.05) is 12.1 Å². The van der Waals surface area contributed by atoms with Gasteiger partial charge in [0.25, 0.3) is 0 Å². The maximum absolute atomic E-state index is 12.5. The topological polar surface area (TPSA) is 93.7 Å². The van der Waals surface area contributed by atoms with Crippen molar-refractivity contribution < 1.29 is 9.59 Å². The van der Waals surface area contributed by atoms with Crippen LogP contribution < -0.4 is 20.4 Å². The molecule has 32 heavy (non-hydrogen) atoms. The lowest BCUT2D eigenvalue weighted by molar-refractivity contribution is -0.131. The summed E-state index contributed by atoms with van der Waals surface area (Å²) < 4.78 is 0. The van der Waals surface area contributed by atoms with Crippen molar-refractivity contribution in [1.82, 2.24) is 20.2 Å². The molecule has 2 N–H and O–H groups in total. The maximum Gasteiger partial charge on any atom is 0.319 e. The maximum atomic E-state index is 12.5. The Bertz CT molecular complexity index is 894. The summed E-state index contributed by atoms with van der Waals surface area (Å²) in [5.74, 6) is 0.746. The molecule has 0 unspecified atom stereocenters. The summed E-state index contributed by atoms with van der Waals surface area (Å²) in [4.78, 5) is 39.7. The number of para-hydroxylation sites is 2. The Morgan fingerprint density at radius 3 is 2.31 bits per heavy atom. The number of piperazine rings is 1. The molecule has 2 aliphatic rings. The van der Waals surface area contributed by atoms with Crippen LogP contribution in [0.25, 0.3) is 0 Å². The van der Waals surface area contributed by atoms with Gasteiger partial charge in [0.15, 0.2) is 0 Å². The second-order valence-electron chi connectivity index (χ2n) is 8.11. The Labute approximate surface area is 188 Å². The average Bonchev–Trinajstić information content (AvgIpc) is 2.85. The number of benzene rings is 1. The van der Waals surface area contributed by atoms with Gasteiger partial charge in [-0.2, -0.15) is 0 Å². The number of nitrogens with one attached hydrogen (secondary N) is 2. The summed E-state index contributed by atoms with van der Waals surface area (Å²) >= 11 is 0. The Kier molecular flexibility index (Phi) is 7.37. The van der Waals surface area contributed by atoms with E-state index in [-0.39, 0.29) is 18.4 Å². The number of rotatable bonds is 6. The predicted octanol–water partition coefficient (Wildman–Crippen LogP) is 2.33. The summed E-state index contributed by atoms with van der Waals surface area (Å²) in [6.07, 6.45) is 7.34. The van der Waals surface area contributed by atoms with Gasteiger partial charge in [-0.3, -0.25) is 4.79 Å². The minimum Gasteiger partial charge on any atom is -0.370 e. The van der Waals surface area contributed by atoms with E-state index >= 15 is 0 Å². The van der Waals surface area contributed by atoms with E-state index in [9.17, 15) is 9.59 Å². The van der Waals surface area contributed by atoms with E-state index in [1.54, 1.807) is 18.5 Å². The first-order chi connectivity index (χ1) is 15.7. The molecule has 9 heteroatoms. The Hall–Kier alpha value is -3.36. The lowest BCUT2D eigenvalue weighted by atomic mass is 10.1. The molecule has 2 saturated heterocycles. The molecule has 170 valence electrons. The number of carbonyl (C=O) groups excluding carboxylic acids is 2. The third-order valence-electron chi connectivity index (χ3n) is 5.94. The van der Waals surface area contributed by atoms with Crippen LogP contribution in [-0.2, 0) is 4.79 Å². The van der Waals surface area contributed by atoms with Crippen molar-refractivity contribution in [2.24, 2.45) is 0 Å². The van der Waals surface area contributed by atoms with Crippen molar-refractivity contribution in [3.05, 3.63) is 42.7 Å². The molecule has 0 radical (unpaired) electrons. The first-order valence-electron chi connectivity index (χ1n) is 11.4. The molecule has 4 rings (SSSR count). The van der Waals surface area contributed by atoms with E-state index < -0.39 is 0 Å². The zero-order chi connectivity index (χ0) is 22.2. The highest BCUT2D eigenvalue weighted by atomic mass is 16.2. The molecule has 2 aromatic rings. The zero-order valence-corrected chi connectivity index (χ0v) is 18.4. The molecule has 0 atom stereocenters. The smallest absolute Gasteiger partial charge is 0.319 e. The van der Waals surface area contributed by atoms with E-state index in [2.05, 4.69) is 30.4 Å². The molecule has 1 aromatic carbocycles. The van der Waals surface area contributed by atoms with Crippen LogP contribution in [0.4, 0.5) is 22.1 Å². The van der Waals surface area contributed by atoms with Gasteiger partial charge < -0.3 is 25.3 Å². The normalized spacial score (nSPS) is 16.6. The predicted molar refractivity (Wildman–Crippen MR) is 125 cm³/mol. The van der Waals surface area contributed by atoms with E-state index in [1.807, 2.05) is 29.2 Å². The number of urea groups is 1. The van der Waals surface area contributed by atoms with E-state index in [0.717, 1.165) is 24.5 Å². The van der Waals surface area contributed by atoms with Crippen molar-refractivity contribution >= 4 is 29.3 Å². The molecule has 3 heterocycles. The number of hydrogen-bond acceptors (Lipinski definition) is 6. The van der Waals surface area contributed by atoms with Gasteiger partial charge in [-0.25, -0.2) is 14.8 Å². The van der Waals surface area contributed by atoms with Crippen molar-refractivity contribution in [2.45, 2.75) is 25.7 Å². The van der Waals surface area contributed by atoms with Crippen LogP contribution in [0.15, 0.2) is 42.7 Å². The number of piperidine rings is 1. The Morgan fingerprint density at radius 2 is 1.56 bits per heavy atom. The van der Waals surface area contributed by atoms with Crippen LogP contribution in [0.5, 0.6) is 0 Å². The van der Waals surface area contributed by atoms with Gasteiger partial charge in [0.2, 0.25) is 11.9 Å². The summed E-state index contributed by atoms with van der Waals surface area (Å²) in [6, 6.07) is 9.39. The minimum atomic E-state index is -0.284. The van der Waals surface area contributed by atoms with Crippen LogP contribution in [0.2, 0.25) is 0 Å². The first kappa shape index (κ1) is 21.9. The molecule has 9 nitrogen and oxygen atoms in total. The van der Waals surface area contributed by atoms with Crippen LogP contribution in [0.1, 0.15) is 25.7 Å². The Balaban J connectivity index is 1.20. The van der Waals surface area contributed by atoms with Crippen LogP contribution in [0, 0.1) is 0 Å². The molecule has 0 spiro atoms. The summed E-state index contributed by atoms with van der Waals surface area (Å²) in [5.41, 5.74) is 1.86. The summed E-state index contributed by atoms with van der Waals surface area (Å²) in [6.45, 7) is 5.00. The highest BCUT2D eigenvalue weighted by Gasteiger charge is 2.22. The summed E-state index contributed by atoms with van der Waals surface area (Å²) in [5, 5.41) is 5.77. The van der Waals surface area contributed by atoms with Crippen molar-refractivity contribution in [2.75, 3.05) is 60.9 Å². The van der Waals surface area contributed by atoms with E-state index in [1.165, 1.54) is 19.3 Å². The van der Waals surface area contributed by atoms with Gasteiger partial charge in [0.05, 0.1) is 11.4 Å². The van der Waals surface area contributed by atoms with Gasteiger partial charge in [-0.15, -0.1) is 0 Å². The molecular weight excluding hydrogens is 406 g/mol. The van der Waals surface area contributed by atoms with Crippen molar-refractivity contribution in [3.8, 4) is 0 Å². The molecule has 0 saturated carbocycles. The number of aromatic nitrogens is 2. The largest absolute Gasteiger partial charge is 0.370 e. The fraction of sp³-hybridized carbons (Fsp3) is 0.478. The van der Waals surface area contributed by atoms with Crippen molar-refractivity contribution in [1.29, 1.82) is 0 Å². The van der Waals surface area contributed by atoms with Crippen molar-refractivity contribution in [3.63, 3.8) is 0 Å². The summed E-state index contributed by atoms with van der Waals surface area (Å²) in [7, 11) is 0. The number of carbonyl (C=O) groups is 2. The monoisotopic (exact) mass is 437 g/mol. The van der Waals surface area contributed by atoms with E-state index in [0.29, 0.717) is 38.7 Å². The third kappa shape index (κ3) is 5.66. The van der Waals surface area contributed by atoms with Crippen LogP contribution >= 0.6 is 0 Å². The number of amides is 3. The number of anilines is 3. The number of hydrogen-bond donors (Lipinski definition) is 2. The molecule has 0 aliphatic carbocycles. The van der Waals surface area contributed by atoms with Gasteiger partial charge >= 0.3 is 6.03 Å². The van der Waals surface area contributed by atoms with E-state index in [4.69, 9.17) is 0 Å². The SMILES string of the molecule is O=C(NCCC(=O)N1CCN(c2ncccn2)CC1)Nc1ccccc1N1CCCCC1. The molecule has 1 aromatic heterocycles. The highest BCUT2D eigenvalue weighted by molar-refractivity contribution is 5.93. The fourth-order valence-corrected chi connectivity index (χ4v) is 4.21. The quantitative estimate of drug-likeness (QED) is 0.721. The molecule has 2 aliphatic heterocycles. The molecular formula is C23H31N7O2.